The van der Waals surface area contributed by atoms with E-state index in [0.717, 1.165) is 0 Å². The molecule has 0 saturated heterocycles. The minimum Gasteiger partial charge on any atom is -0.493 e. The molecule has 0 fully saturated rings. The molecule has 0 radical (unpaired) electrons. The number of benzene rings is 3. The average Bonchev–Trinajstić information content (AvgIpc) is 2.86. The molecule has 0 bridgehead atoms. The molecule has 0 saturated carbocycles. The third-order valence-electron chi connectivity index (χ3n) is 4.75. The molecule has 182 valence electrons. The summed E-state index contributed by atoms with van der Waals surface area (Å²) in [7, 11) is 1.41. The van der Waals surface area contributed by atoms with Gasteiger partial charge in [0.1, 0.15) is 18.2 Å². The maximum Gasteiger partial charge on any atom is 0.271 e. The first-order valence-electron chi connectivity index (χ1n) is 10.1. The molecule has 3 rings (SSSR count). The van der Waals surface area contributed by atoms with E-state index in [1.54, 1.807) is 24.3 Å². The molecule has 0 aliphatic rings. The van der Waals surface area contributed by atoms with Crippen LogP contribution in [-0.4, -0.2) is 22.9 Å². The Balaban J connectivity index is 1.82. The van der Waals surface area contributed by atoms with Crippen LogP contribution in [0.2, 0.25) is 0 Å². The van der Waals surface area contributed by atoms with Crippen molar-refractivity contribution in [1.29, 1.82) is 5.26 Å². The van der Waals surface area contributed by atoms with Crippen LogP contribution in [0.4, 0.5) is 17.1 Å². The van der Waals surface area contributed by atoms with Crippen LogP contribution in [0.25, 0.3) is 6.08 Å². The van der Waals surface area contributed by atoms with Crippen molar-refractivity contribution in [3.05, 3.63) is 102 Å². The van der Waals surface area contributed by atoms with E-state index in [4.69, 9.17) is 9.47 Å². The van der Waals surface area contributed by atoms with Gasteiger partial charge in [-0.05, 0) is 51.3 Å². The van der Waals surface area contributed by atoms with Crippen molar-refractivity contribution in [3.8, 4) is 17.6 Å². The van der Waals surface area contributed by atoms with Gasteiger partial charge in [-0.25, -0.2) is 0 Å². The number of carbonyl (C=O) groups excluding carboxylic acids is 1. The van der Waals surface area contributed by atoms with E-state index in [-0.39, 0.29) is 35.0 Å². The molecule has 0 aliphatic heterocycles. The third kappa shape index (κ3) is 6.43. The van der Waals surface area contributed by atoms with Crippen molar-refractivity contribution in [3.63, 3.8) is 0 Å². The second-order valence-corrected chi connectivity index (χ2v) is 8.04. The number of halogens is 1. The second kappa shape index (κ2) is 11.6. The van der Waals surface area contributed by atoms with Crippen LogP contribution in [0.5, 0.6) is 11.5 Å². The van der Waals surface area contributed by atoms with Gasteiger partial charge < -0.3 is 14.8 Å². The highest BCUT2D eigenvalue weighted by Gasteiger charge is 2.16. The first kappa shape index (κ1) is 25.9. The number of carbonyl (C=O) groups is 1. The van der Waals surface area contributed by atoms with Crippen molar-refractivity contribution in [1.82, 2.24) is 0 Å². The van der Waals surface area contributed by atoms with Gasteiger partial charge in [-0.1, -0.05) is 18.2 Å². The smallest absolute Gasteiger partial charge is 0.271 e. The molecule has 1 amide bonds. The van der Waals surface area contributed by atoms with E-state index in [1.807, 2.05) is 6.07 Å². The Morgan fingerprint density at radius 2 is 1.75 bits per heavy atom. The molecule has 1 N–H and O–H groups in total. The number of methoxy groups -OCH3 is 1. The van der Waals surface area contributed by atoms with Crippen LogP contribution in [0.15, 0.2) is 70.7 Å². The Kier molecular flexibility index (Phi) is 8.32. The molecule has 12 heteroatoms. The Bertz CT molecular complexity index is 1420. The molecular weight excluding hydrogens is 536 g/mol. The van der Waals surface area contributed by atoms with Crippen molar-refractivity contribution in [2.24, 2.45) is 0 Å². The zero-order chi connectivity index (χ0) is 26.2. The second-order valence-electron chi connectivity index (χ2n) is 7.18. The summed E-state index contributed by atoms with van der Waals surface area (Å²) in [5, 5.41) is 33.9. The lowest BCUT2D eigenvalue weighted by Gasteiger charge is -2.14. The highest BCUT2D eigenvalue weighted by Crippen LogP contribution is 2.38. The van der Waals surface area contributed by atoms with Crippen molar-refractivity contribution in [2.75, 3.05) is 12.4 Å². The fourth-order valence-corrected chi connectivity index (χ4v) is 3.66. The average molecular weight is 553 g/mol. The van der Waals surface area contributed by atoms with Crippen LogP contribution in [0.3, 0.4) is 0 Å². The quantitative estimate of drug-likeness (QED) is 0.160. The van der Waals surface area contributed by atoms with Crippen molar-refractivity contribution < 1.29 is 24.1 Å². The number of hydrogen-bond acceptors (Lipinski definition) is 8. The Hall–Kier alpha value is -4.76. The lowest BCUT2D eigenvalue weighted by Crippen LogP contribution is -2.13. The number of nitro groups is 2. The van der Waals surface area contributed by atoms with Crippen molar-refractivity contribution >= 4 is 45.0 Å². The van der Waals surface area contributed by atoms with E-state index < -0.39 is 15.8 Å². The third-order valence-corrected chi connectivity index (χ3v) is 5.34. The van der Waals surface area contributed by atoms with E-state index in [2.05, 4.69) is 21.2 Å². The van der Waals surface area contributed by atoms with E-state index in [0.29, 0.717) is 21.3 Å². The Morgan fingerprint density at radius 3 is 2.39 bits per heavy atom. The lowest BCUT2D eigenvalue weighted by atomic mass is 10.1. The number of nitrogens with one attached hydrogen (secondary N) is 1. The van der Waals surface area contributed by atoms with E-state index in [9.17, 15) is 30.3 Å². The monoisotopic (exact) mass is 552 g/mol. The van der Waals surface area contributed by atoms with Crippen LogP contribution in [0, 0.1) is 31.6 Å². The summed E-state index contributed by atoms with van der Waals surface area (Å²) in [6, 6.07) is 16.3. The zero-order valence-electron chi connectivity index (χ0n) is 18.6. The summed E-state index contributed by atoms with van der Waals surface area (Å²) in [5.41, 5.74) is 0.665. The summed E-state index contributed by atoms with van der Waals surface area (Å²) in [6.07, 6.45) is 1.32. The number of ether oxygens (including phenoxy) is 2. The zero-order valence-corrected chi connectivity index (χ0v) is 20.2. The number of amides is 1. The minimum atomic E-state index is -0.751. The van der Waals surface area contributed by atoms with Gasteiger partial charge in [-0.3, -0.25) is 25.0 Å². The minimum absolute atomic E-state index is 0.0287. The number of nitrogens with zero attached hydrogens (tertiary/aromatic N) is 3. The first-order chi connectivity index (χ1) is 17.2. The molecule has 0 unspecified atom stereocenters. The number of nitriles is 1. The van der Waals surface area contributed by atoms with Gasteiger partial charge >= 0.3 is 0 Å². The maximum atomic E-state index is 12.6. The Labute approximate surface area is 213 Å². The van der Waals surface area contributed by atoms with Gasteiger partial charge in [0.2, 0.25) is 0 Å². The first-order valence-corrected chi connectivity index (χ1v) is 10.9. The SMILES string of the molecule is COc1cc(/C=C(\C#N)C(=O)Nc2cccc([N+](=O)[O-])c2)cc(Br)c1OCc1cccc([N+](=O)[O-])c1. The van der Waals surface area contributed by atoms with Gasteiger partial charge in [0.25, 0.3) is 17.3 Å². The van der Waals surface area contributed by atoms with E-state index >= 15 is 0 Å². The number of anilines is 1. The van der Waals surface area contributed by atoms with Crippen LogP contribution in [0.1, 0.15) is 11.1 Å². The van der Waals surface area contributed by atoms with Gasteiger partial charge in [0.05, 0.1) is 21.4 Å². The van der Waals surface area contributed by atoms with E-state index in [1.165, 1.54) is 49.6 Å². The number of non-ortho nitro benzene ring substituents is 2. The number of nitro benzene ring substituents is 2. The molecule has 0 spiro atoms. The fraction of sp³-hybridized carbons (Fsp3) is 0.0833. The molecule has 3 aromatic rings. The summed E-state index contributed by atoms with van der Waals surface area (Å²) in [6.45, 7) is 0.0287. The largest absolute Gasteiger partial charge is 0.493 e. The normalized spacial score (nSPS) is 10.8. The lowest BCUT2D eigenvalue weighted by molar-refractivity contribution is -0.385. The molecule has 0 aromatic heterocycles. The summed E-state index contributed by atoms with van der Waals surface area (Å²) < 4.78 is 11.6. The number of hydrogen-bond donors (Lipinski definition) is 1. The summed E-state index contributed by atoms with van der Waals surface area (Å²) in [5.74, 6) is -0.141. The van der Waals surface area contributed by atoms with Crippen LogP contribution >= 0.6 is 15.9 Å². The summed E-state index contributed by atoms with van der Waals surface area (Å²) >= 11 is 3.38. The van der Waals surface area contributed by atoms with Gasteiger partial charge in [-0.15, -0.1) is 0 Å². The van der Waals surface area contributed by atoms with Gasteiger partial charge in [0, 0.05) is 30.0 Å². The molecule has 36 heavy (non-hydrogen) atoms. The van der Waals surface area contributed by atoms with Crippen molar-refractivity contribution in [2.45, 2.75) is 6.61 Å². The molecule has 11 nitrogen and oxygen atoms in total. The summed E-state index contributed by atoms with van der Waals surface area (Å²) in [4.78, 5) is 33.4. The number of rotatable bonds is 9. The van der Waals surface area contributed by atoms with Crippen LogP contribution < -0.4 is 14.8 Å². The molecule has 0 heterocycles. The predicted molar refractivity (Wildman–Crippen MR) is 133 cm³/mol. The van der Waals surface area contributed by atoms with Crippen LogP contribution in [-0.2, 0) is 11.4 Å². The molecule has 0 aliphatic carbocycles. The fourth-order valence-electron chi connectivity index (χ4n) is 3.09. The molecular formula is C24H17BrN4O7. The molecule has 3 aromatic carbocycles. The standard InChI is InChI=1S/C24H17BrN4O7/c1-35-22-11-16(8-17(13-26)24(30)27-18-5-3-7-20(12-18)29(33)34)10-21(25)23(22)36-14-15-4-2-6-19(9-15)28(31)32/h2-12H,14H2,1H3,(H,27,30)/b17-8+. The Morgan fingerprint density at radius 1 is 1.08 bits per heavy atom. The highest BCUT2D eigenvalue weighted by atomic mass is 79.9. The van der Waals surface area contributed by atoms with Gasteiger partial charge in [0.15, 0.2) is 11.5 Å². The topological polar surface area (TPSA) is 158 Å². The highest BCUT2D eigenvalue weighted by molar-refractivity contribution is 9.10. The molecule has 0 atom stereocenters. The maximum absolute atomic E-state index is 12.6. The van der Waals surface area contributed by atoms with Gasteiger partial charge in [-0.2, -0.15) is 5.26 Å². The predicted octanol–water partition coefficient (Wildman–Crippen LogP) is 5.40.